The molecule has 0 saturated heterocycles. The molecule has 0 bridgehead atoms. The molecule has 0 aromatic heterocycles. The molecule has 1 aromatic rings. The minimum absolute atomic E-state index is 0.0644. The fraction of sp³-hybridized carbons (Fsp3) is 0.364. The Bertz CT molecular complexity index is 342. The van der Waals surface area contributed by atoms with Crippen LogP contribution < -0.4 is 5.32 Å². The van der Waals surface area contributed by atoms with E-state index in [1.165, 1.54) is 12.1 Å². The van der Waals surface area contributed by atoms with Crippen LogP contribution in [0.4, 0.5) is 4.39 Å². The van der Waals surface area contributed by atoms with E-state index in [0.717, 1.165) is 5.56 Å². The summed E-state index contributed by atoms with van der Waals surface area (Å²) in [6, 6.07) is 6.24. The molecule has 1 aromatic carbocycles. The molecule has 1 rings (SSSR count). The predicted octanol–water partition coefficient (Wildman–Crippen LogP) is 1.12. The lowest BCUT2D eigenvalue weighted by molar-refractivity contribution is 0.263. The van der Waals surface area contributed by atoms with Gasteiger partial charge in [0.2, 0.25) is 0 Å². The Labute approximate surface area is 99.9 Å². The number of benzene rings is 1. The Balaban J connectivity index is 2.39. The van der Waals surface area contributed by atoms with Crippen molar-refractivity contribution in [3.05, 3.63) is 35.6 Å². The van der Waals surface area contributed by atoms with E-state index in [2.05, 4.69) is 5.32 Å². The highest BCUT2D eigenvalue weighted by molar-refractivity contribution is 7.80. The van der Waals surface area contributed by atoms with Gasteiger partial charge in [-0.2, -0.15) is 0 Å². The van der Waals surface area contributed by atoms with E-state index in [1.54, 1.807) is 24.1 Å². The second kappa shape index (κ2) is 6.40. The minimum atomic E-state index is -0.247. The van der Waals surface area contributed by atoms with Crippen LogP contribution in [0.15, 0.2) is 24.3 Å². The first-order valence-electron chi connectivity index (χ1n) is 4.97. The number of nitrogens with zero attached hydrogens (tertiary/aromatic N) is 1. The number of thiocarbonyl (C=S) groups is 1. The second-order valence-electron chi connectivity index (χ2n) is 3.43. The molecule has 5 heteroatoms. The molecule has 0 heterocycles. The number of nitrogens with one attached hydrogen (secondary N) is 1. The van der Waals surface area contributed by atoms with Crippen molar-refractivity contribution in [3.63, 3.8) is 0 Å². The molecular weight excluding hydrogens is 227 g/mol. The molecule has 0 aliphatic carbocycles. The van der Waals surface area contributed by atoms with Gasteiger partial charge in [0.05, 0.1) is 6.61 Å². The van der Waals surface area contributed by atoms with Crippen LogP contribution in [0.1, 0.15) is 5.56 Å². The van der Waals surface area contributed by atoms with Crippen LogP contribution in [0.5, 0.6) is 0 Å². The van der Waals surface area contributed by atoms with Gasteiger partial charge in [0.25, 0.3) is 0 Å². The highest BCUT2D eigenvalue weighted by Gasteiger charge is 2.02. The summed E-state index contributed by atoms with van der Waals surface area (Å²) in [5.41, 5.74) is 0.959. The zero-order chi connectivity index (χ0) is 12.0. The Hall–Kier alpha value is -1.20. The summed E-state index contributed by atoms with van der Waals surface area (Å²) >= 11 is 5.10. The van der Waals surface area contributed by atoms with Crippen molar-refractivity contribution >= 4 is 17.3 Å². The van der Waals surface area contributed by atoms with E-state index in [0.29, 0.717) is 18.2 Å². The quantitative estimate of drug-likeness (QED) is 0.776. The lowest BCUT2D eigenvalue weighted by Crippen LogP contribution is -2.38. The first-order chi connectivity index (χ1) is 7.63. The van der Waals surface area contributed by atoms with Crippen molar-refractivity contribution in [2.45, 2.75) is 6.54 Å². The van der Waals surface area contributed by atoms with Crippen molar-refractivity contribution < 1.29 is 9.50 Å². The van der Waals surface area contributed by atoms with Crippen LogP contribution in [0.3, 0.4) is 0 Å². The van der Waals surface area contributed by atoms with E-state index < -0.39 is 0 Å². The van der Waals surface area contributed by atoms with Crippen LogP contribution >= 0.6 is 12.2 Å². The standard InChI is InChI=1S/C11H15FN2OS/c1-14(6-7-15)11(16)13-8-9-2-4-10(12)5-3-9/h2-5,15H,6-8H2,1H3,(H,13,16). The van der Waals surface area contributed by atoms with E-state index in [1.807, 2.05) is 0 Å². The van der Waals surface area contributed by atoms with Gasteiger partial charge in [0.1, 0.15) is 5.82 Å². The minimum Gasteiger partial charge on any atom is -0.395 e. The number of hydrogen-bond acceptors (Lipinski definition) is 2. The Kier molecular flexibility index (Phi) is 5.14. The first-order valence-corrected chi connectivity index (χ1v) is 5.38. The SMILES string of the molecule is CN(CCO)C(=S)NCc1ccc(F)cc1. The van der Waals surface area contributed by atoms with Gasteiger partial charge in [-0.3, -0.25) is 0 Å². The molecule has 0 radical (unpaired) electrons. The van der Waals surface area contributed by atoms with Gasteiger partial charge in [0.15, 0.2) is 5.11 Å². The molecule has 88 valence electrons. The Morgan fingerprint density at radius 3 is 2.62 bits per heavy atom. The summed E-state index contributed by atoms with van der Waals surface area (Å²) < 4.78 is 12.6. The monoisotopic (exact) mass is 242 g/mol. The number of likely N-dealkylation sites (N-methyl/N-ethyl adjacent to an activating group) is 1. The lowest BCUT2D eigenvalue weighted by Gasteiger charge is -2.19. The maximum Gasteiger partial charge on any atom is 0.169 e. The molecule has 3 nitrogen and oxygen atoms in total. The maximum atomic E-state index is 12.6. The van der Waals surface area contributed by atoms with Gasteiger partial charge in [-0.1, -0.05) is 12.1 Å². The normalized spacial score (nSPS) is 9.94. The first kappa shape index (κ1) is 12.9. The number of hydrogen-bond donors (Lipinski definition) is 2. The average molecular weight is 242 g/mol. The summed E-state index contributed by atoms with van der Waals surface area (Å²) in [6.45, 7) is 1.11. The predicted molar refractivity (Wildman–Crippen MR) is 65.6 cm³/mol. The zero-order valence-electron chi connectivity index (χ0n) is 9.11. The largest absolute Gasteiger partial charge is 0.395 e. The van der Waals surface area contributed by atoms with E-state index in [9.17, 15) is 4.39 Å². The van der Waals surface area contributed by atoms with Gasteiger partial charge >= 0.3 is 0 Å². The third kappa shape index (κ3) is 4.12. The fourth-order valence-electron chi connectivity index (χ4n) is 1.17. The van der Waals surface area contributed by atoms with Crippen molar-refractivity contribution in [2.24, 2.45) is 0 Å². The summed E-state index contributed by atoms with van der Waals surface area (Å²) in [4.78, 5) is 1.75. The molecule has 0 fully saturated rings. The van der Waals surface area contributed by atoms with Gasteiger partial charge in [-0.15, -0.1) is 0 Å². The van der Waals surface area contributed by atoms with Crippen molar-refractivity contribution in [3.8, 4) is 0 Å². The molecule has 0 saturated carbocycles. The van der Waals surface area contributed by atoms with Gasteiger partial charge < -0.3 is 15.3 Å². The third-order valence-corrected chi connectivity index (χ3v) is 2.60. The number of aliphatic hydroxyl groups excluding tert-OH is 1. The molecule has 0 unspecified atom stereocenters. The van der Waals surface area contributed by atoms with Gasteiger partial charge in [-0.25, -0.2) is 4.39 Å². The Morgan fingerprint density at radius 2 is 2.06 bits per heavy atom. The van der Waals surface area contributed by atoms with Gasteiger partial charge in [-0.05, 0) is 29.9 Å². The summed E-state index contributed by atoms with van der Waals surface area (Å²) in [5, 5.41) is 12.3. The maximum absolute atomic E-state index is 12.6. The lowest BCUT2D eigenvalue weighted by atomic mass is 10.2. The number of halogens is 1. The topological polar surface area (TPSA) is 35.5 Å². The molecule has 0 atom stereocenters. The van der Waals surface area contributed by atoms with Crippen LogP contribution in [-0.2, 0) is 6.54 Å². The van der Waals surface area contributed by atoms with Crippen LogP contribution in [0.25, 0.3) is 0 Å². The number of rotatable bonds is 4. The third-order valence-electron chi connectivity index (χ3n) is 2.14. The molecule has 0 aliphatic rings. The highest BCUT2D eigenvalue weighted by Crippen LogP contribution is 2.02. The zero-order valence-corrected chi connectivity index (χ0v) is 9.93. The van der Waals surface area contributed by atoms with Crippen LogP contribution in [0.2, 0.25) is 0 Å². The summed E-state index contributed by atoms with van der Waals surface area (Å²) in [6.07, 6.45) is 0. The van der Waals surface area contributed by atoms with Crippen LogP contribution in [-0.4, -0.2) is 35.3 Å². The van der Waals surface area contributed by atoms with Crippen molar-refractivity contribution in [1.29, 1.82) is 0 Å². The highest BCUT2D eigenvalue weighted by atomic mass is 32.1. The summed E-state index contributed by atoms with van der Waals surface area (Å²) in [5.74, 6) is -0.247. The van der Waals surface area contributed by atoms with Crippen molar-refractivity contribution in [2.75, 3.05) is 20.2 Å². The van der Waals surface area contributed by atoms with Crippen molar-refractivity contribution in [1.82, 2.24) is 10.2 Å². The molecule has 2 N–H and O–H groups in total. The van der Waals surface area contributed by atoms with Gasteiger partial charge in [0, 0.05) is 20.1 Å². The second-order valence-corrected chi connectivity index (χ2v) is 3.82. The fourth-order valence-corrected chi connectivity index (χ4v) is 1.33. The average Bonchev–Trinajstić information content (AvgIpc) is 2.28. The van der Waals surface area contributed by atoms with E-state index in [-0.39, 0.29) is 12.4 Å². The van der Waals surface area contributed by atoms with Crippen LogP contribution in [0, 0.1) is 5.82 Å². The molecule has 0 amide bonds. The molecule has 0 aliphatic heterocycles. The summed E-state index contributed by atoms with van der Waals surface area (Å²) in [7, 11) is 1.80. The molecule has 0 spiro atoms. The molecule has 16 heavy (non-hydrogen) atoms. The molecular formula is C11H15FN2OS. The van der Waals surface area contributed by atoms with E-state index >= 15 is 0 Å². The number of aliphatic hydroxyl groups is 1. The van der Waals surface area contributed by atoms with E-state index in [4.69, 9.17) is 17.3 Å². The smallest absolute Gasteiger partial charge is 0.169 e. The Morgan fingerprint density at radius 1 is 1.44 bits per heavy atom.